The zero-order valence-electron chi connectivity index (χ0n) is 16.9. The van der Waals surface area contributed by atoms with Gasteiger partial charge < -0.3 is 14.5 Å². The van der Waals surface area contributed by atoms with Crippen LogP contribution in [0.1, 0.15) is 46.4 Å². The molecule has 0 radical (unpaired) electrons. The molecular weight excluding hydrogens is 368 g/mol. The van der Waals surface area contributed by atoms with Crippen LogP contribution < -0.4 is 4.90 Å². The molecule has 0 unspecified atom stereocenters. The number of hydrogen-bond acceptors (Lipinski definition) is 6. The zero-order chi connectivity index (χ0) is 20.4. The smallest absolute Gasteiger partial charge is 0.409 e. The van der Waals surface area contributed by atoms with E-state index in [4.69, 9.17) is 9.72 Å². The van der Waals surface area contributed by atoms with E-state index >= 15 is 0 Å². The fraction of sp³-hybridized carbons (Fsp3) is 0.455. The molecular formula is C22H26N4O3. The number of nitrogens with zero attached hydrogens (tertiary/aromatic N) is 4. The third-order valence-electron chi connectivity index (χ3n) is 5.74. The van der Waals surface area contributed by atoms with Crippen LogP contribution in [0.2, 0.25) is 0 Å². The Hall–Kier alpha value is -2.96. The Kier molecular flexibility index (Phi) is 5.47. The number of anilines is 1. The van der Waals surface area contributed by atoms with Gasteiger partial charge in [0.2, 0.25) is 5.95 Å². The van der Waals surface area contributed by atoms with Gasteiger partial charge in [-0.05, 0) is 37.3 Å². The van der Waals surface area contributed by atoms with Crippen molar-refractivity contribution in [3.05, 3.63) is 52.8 Å². The quantitative estimate of drug-likeness (QED) is 0.797. The highest BCUT2D eigenvalue weighted by molar-refractivity contribution is 5.98. The van der Waals surface area contributed by atoms with Crippen LogP contribution in [-0.2, 0) is 11.2 Å². The lowest BCUT2D eigenvalue weighted by atomic mass is 9.81. The number of aromatic nitrogens is 2. The number of piperazine rings is 1. The second kappa shape index (κ2) is 8.19. The van der Waals surface area contributed by atoms with Crippen LogP contribution in [0, 0.1) is 6.92 Å². The molecule has 1 aliphatic heterocycles. The van der Waals surface area contributed by atoms with E-state index < -0.39 is 0 Å². The molecule has 2 aromatic rings. The topological polar surface area (TPSA) is 75.6 Å². The summed E-state index contributed by atoms with van der Waals surface area (Å²) in [6.07, 6.45) is 2.64. The molecule has 1 amide bonds. The summed E-state index contributed by atoms with van der Waals surface area (Å²) < 4.78 is 5.07. The van der Waals surface area contributed by atoms with Crippen molar-refractivity contribution in [3.8, 4) is 0 Å². The first-order valence-corrected chi connectivity index (χ1v) is 10.2. The molecule has 7 heteroatoms. The summed E-state index contributed by atoms with van der Waals surface area (Å²) in [7, 11) is 0. The van der Waals surface area contributed by atoms with Gasteiger partial charge in [0.15, 0.2) is 5.78 Å². The molecule has 0 saturated carbocycles. The summed E-state index contributed by atoms with van der Waals surface area (Å²) in [5, 5.41) is 0. The Bertz CT molecular complexity index is 922. The third kappa shape index (κ3) is 3.95. The molecule has 1 aromatic carbocycles. The monoisotopic (exact) mass is 394 g/mol. The number of Topliss-reactive ketones (excluding diaryl/α,β-unsaturated/α-hetero) is 1. The summed E-state index contributed by atoms with van der Waals surface area (Å²) >= 11 is 0. The van der Waals surface area contributed by atoms with E-state index in [0.29, 0.717) is 50.7 Å². The van der Waals surface area contributed by atoms with Crippen molar-refractivity contribution in [3.63, 3.8) is 0 Å². The van der Waals surface area contributed by atoms with Gasteiger partial charge >= 0.3 is 6.09 Å². The van der Waals surface area contributed by atoms with Crippen LogP contribution >= 0.6 is 0 Å². The van der Waals surface area contributed by atoms with E-state index in [1.807, 2.05) is 12.1 Å². The average Bonchev–Trinajstić information content (AvgIpc) is 2.74. The summed E-state index contributed by atoms with van der Waals surface area (Å²) in [5.41, 5.74) is 3.89. The molecule has 152 valence electrons. The van der Waals surface area contributed by atoms with Gasteiger partial charge in [0.05, 0.1) is 17.9 Å². The Labute approximate surface area is 170 Å². The van der Waals surface area contributed by atoms with E-state index in [9.17, 15) is 9.59 Å². The summed E-state index contributed by atoms with van der Waals surface area (Å²) in [4.78, 5) is 37.6. The Morgan fingerprint density at radius 2 is 1.93 bits per heavy atom. The molecule has 4 rings (SSSR count). The van der Waals surface area contributed by atoms with Crippen LogP contribution in [-0.4, -0.2) is 59.5 Å². The number of hydrogen-bond donors (Lipinski definition) is 0. The average molecular weight is 394 g/mol. The largest absolute Gasteiger partial charge is 0.450 e. The highest BCUT2D eigenvalue weighted by atomic mass is 16.6. The van der Waals surface area contributed by atoms with Crippen LogP contribution in [0.3, 0.4) is 0 Å². The number of rotatable bonds is 3. The van der Waals surface area contributed by atoms with Crippen LogP contribution in [0.5, 0.6) is 0 Å². The number of fused-ring (bicyclic) bond motifs is 1. The maximum Gasteiger partial charge on any atom is 0.409 e. The summed E-state index contributed by atoms with van der Waals surface area (Å²) in [6.45, 7) is 6.71. The molecule has 7 nitrogen and oxygen atoms in total. The van der Waals surface area contributed by atoms with Crippen molar-refractivity contribution in [2.24, 2.45) is 0 Å². The Morgan fingerprint density at radius 1 is 1.17 bits per heavy atom. The van der Waals surface area contributed by atoms with Gasteiger partial charge in [-0.15, -0.1) is 0 Å². The number of carbonyl (C=O) groups excluding carboxylic acids is 2. The SMILES string of the molecule is CCOC(=O)N1CCN(c2ncc3c(n2)C[C@@H](c2ccccc2C)CC3=O)CC1. The summed E-state index contributed by atoms with van der Waals surface area (Å²) in [6, 6.07) is 8.24. The Balaban J connectivity index is 1.50. The number of ether oxygens (including phenoxy) is 1. The van der Waals surface area contributed by atoms with Crippen molar-refractivity contribution in [2.75, 3.05) is 37.7 Å². The number of carbonyl (C=O) groups is 2. The van der Waals surface area contributed by atoms with Gasteiger partial charge in [0.1, 0.15) is 0 Å². The lowest BCUT2D eigenvalue weighted by Crippen LogP contribution is -2.49. The van der Waals surface area contributed by atoms with Gasteiger partial charge in [-0.25, -0.2) is 14.8 Å². The second-order valence-corrected chi connectivity index (χ2v) is 7.59. The maximum atomic E-state index is 12.7. The fourth-order valence-electron chi connectivity index (χ4n) is 4.16. The number of aryl methyl sites for hydroxylation is 1. The normalized spacial score (nSPS) is 19.1. The molecule has 0 spiro atoms. The number of ketones is 1. The van der Waals surface area contributed by atoms with E-state index in [-0.39, 0.29) is 17.8 Å². The first kappa shape index (κ1) is 19.4. The van der Waals surface area contributed by atoms with Crippen molar-refractivity contribution in [2.45, 2.75) is 32.6 Å². The van der Waals surface area contributed by atoms with Crippen molar-refractivity contribution in [1.29, 1.82) is 0 Å². The molecule has 1 aliphatic carbocycles. The molecule has 2 heterocycles. The molecule has 29 heavy (non-hydrogen) atoms. The fourth-order valence-corrected chi connectivity index (χ4v) is 4.16. The molecule has 1 aromatic heterocycles. The molecule has 0 N–H and O–H groups in total. The number of benzene rings is 1. The van der Waals surface area contributed by atoms with Crippen molar-refractivity contribution < 1.29 is 14.3 Å². The minimum atomic E-state index is -0.273. The highest BCUT2D eigenvalue weighted by Crippen LogP contribution is 2.33. The molecule has 2 aliphatic rings. The molecule has 1 atom stereocenters. The zero-order valence-corrected chi connectivity index (χ0v) is 16.9. The van der Waals surface area contributed by atoms with Gasteiger partial charge in [0.25, 0.3) is 0 Å². The molecule has 1 saturated heterocycles. The van der Waals surface area contributed by atoms with Crippen LogP contribution in [0.25, 0.3) is 0 Å². The van der Waals surface area contributed by atoms with E-state index in [2.05, 4.69) is 28.9 Å². The minimum Gasteiger partial charge on any atom is -0.450 e. The Morgan fingerprint density at radius 3 is 2.66 bits per heavy atom. The predicted molar refractivity (Wildman–Crippen MR) is 109 cm³/mol. The predicted octanol–water partition coefficient (Wildman–Crippen LogP) is 2.98. The molecule has 0 bridgehead atoms. The van der Waals surface area contributed by atoms with Gasteiger partial charge in [-0.3, -0.25) is 4.79 Å². The third-order valence-corrected chi connectivity index (χ3v) is 5.74. The van der Waals surface area contributed by atoms with E-state index in [0.717, 1.165) is 12.1 Å². The lowest BCUT2D eigenvalue weighted by Gasteiger charge is -2.34. The lowest BCUT2D eigenvalue weighted by molar-refractivity contribution is 0.0961. The standard InChI is InChI=1S/C22H26N4O3/c1-3-29-22(28)26-10-8-25(9-11-26)21-23-14-18-19(24-21)12-16(13-20(18)27)17-7-5-4-6-15(17)2/h4-7,14,16H,3,8-13H2,1-2H3/t16-/m1/s1. The first-order chi connectivity index (χ1) is 14.1. The van der Waals surface area contributed by atoms with E-state index in [1.54, 1.807) is 18.0 Å². The minimum absolute atomic E-state index is 0.109. The van der Waals surface area contributed by atoms with Gasteiger partial charge in [0, 0.05) is 38.8 Å². The van der Waals surface area contributed by atoms with Gasteiger partial charge in [-0.1, -0.05) is 24.3 Å². The van der Waals surface area contributed by atoms with E-state index in [1.165, 1.54) is 11.1 Å². The molecule has 1 fully saturated rings. The highest BCUT2D eigenvalue weighted by Gasteiger charge is 2.30. The van der Waals surface area contributed by atoms with Gasteiger partial charge in [-0.2, -0.15) is 0 Å². The summed E-state index contributed by atoms with van der Waals surface area (Å²) in [5.74, 6) is 0.892. The maximum absolute atomic E-state index is 12.7. The first-order valence-electron chi connectivity index (χ1n) is 10.2. The number of amides is 1. The van der Waals surface area contributed by atoms with Crippen molar-refractivity contribution in [1.82, 2.24) is 14.9 Å². The van der Waals surface area contributed by atoms with Crippen LogP contribution in [0.15, 0.2) is 30.5 Å². The van der Waals surface area contributed by atoms with Crippen molar-refractivity contribution >= 4 is 17.8 Å². The second-order valence-electron chi connectivity index (χ2n) is 7.59. The van der Waals surface area contributed by atoms with Crippen LogP contribution in [0.4, 0.5) is 10.7 Å².